The highest BCUT2D eigenvalue weighted by Crippen LogP contribution is 2.18. The van der Waals surface area contributed by atoms with Gasteiger partial charge in [-0.2, -0.15) is 0 Å². The summed E-state index contributed by atoms with van der Waals surface area (Å²) in [5.74, 6) is -0.194. The van der Waals surface area contributed by atoms with Gasteiger partial charge in [-0.05, 0) is 25.9 Å². The summed E-state index contributed by atoms with van der Waals surface area (Å²) in [6, 6.07) is -0.436. The van der Waals surface area contributed by atoms with Crippen LogP contribution in [0.25, 0.3) is 0 Å². The minimum absolute atomic E-state index is 0.0348. The van der Waals surface area contributed by atoms with Gasteiger partial charge in [-0.1, -0.05) is 6.42 Å². The van der Waals surface area contributed by atoms with Gasteiger partial charge in [0.2, 0.25) is 5.91 Å². The molecule has 18 heavy (non-hydrogen) atoms. The van der Waals surface area contributed by atoms with Gasteiger partial charge < -0.3 is 5.32 Å². The van der Waals surface area contributed by atoms with Crippen LogP contribution in [-0.2, 0) is 14.6 Å². The second-order valence-corrected chi connectivity index (χ2v) is 7.82. The number of carbonyl (C=O) groups excluding carboxylic acids is 1. The lowest BCUT2D eigenvalue weighted by Gasteiger charge is -2.26. The molecule has 0 unspecified atom stereocenters. The van der Waals surface area contributed by atoms with Crippen molar-refractivity contribution in [2.24, 2.45) is 0 Å². The number of sulfone groups is 1. The summed E-state index contributed by atoms with van der Waals surface area (Å²) < 4.78 is 22.8. The molecule has 0 bridgehead atoms. The molecule has 2 atom stereocenters. The van der Waals surface area contributed by atoms with Gasteiger partial charge in [-0.15, -0.1) is 11.6 Å². The van der Waals surface area contributed by atoms with Gasteiger partial charge in [-0.3, -0.25) is 9.69 Å². The maximum Gasteiger partial charge on any atom is 0.234 e. The van der Waals surface area contributed by atoms with E-state index >= 15 is 0 Å². The molecule has 0 aliphatic carbocycles. The van der Waals surface area contributed by atoms with Gasteiger partial charge in [0.05, 0.1) is 29.5 Å². The lowest BCUT2D eigenvalue weighted by molar-refractivity contribution is -0.123. The standard InChI is InChI=1S/C11H19ClN2O3S/c12-9-7-18(16,17)8-10(9)13-11(15)6-14-4-2-1-3-5-14/h9-10H,1-8H2,(H,13,15)/t9-,10+/m0/s1. The van der Waals surface area contributed by atoms with Crippen LogP contribution >= 0.6 is 11.6 Å². The van der Waals surface area contributed by atoms with E-state index in [1.807, 2.05) is 0 Å². The zero-order valence-corrected chi connectivity index (χ0v) is 11.8. The molecule has 2 aliphatic heterocycles. The van der Waals surface area contributed by atoms with Crippen LogP contribution in [0, 0.1) is 0 Å². The molecule has 2 fully saturated rings. The third kappa shape index (κ3) is 3.83. The molecule has 2 heterocycles. The van der Waals surface area contributed by atoms with Gasteiger partial charge >= 0.3 is 0 Å². The summed E-state index contributed by atoms with van der Waals surface area (Å²) in [7, 11) is -3.08. The number of hydrogen-bond acceptors (Lipinski definition) is 4. The minimum Gasteiger partial charge on any atom is -0.350 e. The van der Waals surface area contributed by atoms with E-state index in [1.165, 1.54) is 6.42 Å². The van der Waals surface area contributed by atoms with Crippen molar-refractivity contribution < 1.29 is 13.2 Å². The van der Waals surface area contributed by atoms with Gasteiger partial charge in [0.25, 0.3) is 0 Å². The van der Waals surface area contributed by atoms with Crippen LogP contribution in [0.5, 0.6) is 0 Å². The molecule has 0 aromatic heterocycles. The highest BCUT2D eigenvalue weighted by Gasteiger charge is 2.37. The Morgan fingerprint density at radius 1 is 1.22 bits per heavy atom. The Morgan fingerprint density at radius 2 is 1.89 bits per heavy atom. The van der Waals surface area contributed by atoms with E-state index in [-0.39, 0.29) is 17.4 Å². The van der Waals surface area contributed by atoms with Crippen LogP contribution in [0.2, 0.25) is 0 Å². The Kier molecular flexibility index (Phi) is 4.50. The Balaban J connectivity index is 1.80. The number of halogens is 1. The third-order valence-corrected chi connectivity index (χ3v) is 5.82. The average Bonchev–Trinajstić information content (AvgIpc) is 2.53. The number of rotatable bonds is 3. The molecule has 0 spiro atoms. The van der Waals surface area contributed by atoms with Crippen molar-refractivity contribution >= 4 is 27.3 Å². The predicted octanol–water partition coefficient (Wildman–Crippen LogP) is -0.00710. The molecular formula is C11H19ClN2O3S. The molecule has 1 amide bonds. The Labute approximate surface area is 113 Å². The van der Waals surface area contributed by atoms with Crippen molar-refractivity contribution in [3.8, 4) is 0 Å². The Bertz CT molecular complexity index is 407. The number of likely N-dealkylation sites (tertiary alicyclic amines) is 1. The van der Waals surface area contributed by atoms with E-state index < -0.39 is 21.3 Å². The molecule has 2 aliphatic rings. The highest BCUT2D eigenvalue weighted by atomic mass is 35.5. The summed E-state index contributed by atoms with van der Waals surface area (Å²) in [5.41, 5.74) is 0. The topological polar surface area (TPSA) is 66.5 Å². The van der Waals surface area contributed by atoms with E-state index in [0.717, 1.165) is 25.9 Å². The zero-order valence-electron chi connectivity index (χ0n) is 10.3. The van der Waals surface area contributed by atoms with E-state index in [0.29, 0.717) is 6.54 Å². The SMILES string of the molecule is O=C(CN1CCCCC1)N[C@@H]1CS(=O)(=O)C[C@@H]1Cl. The fourth-order valence-electron chi connectivity index (χ4n) is 2.51. The summed E-state index contributed by atoms with van der Waals surface area (Å²) in [4.78, 5) is 13.9. The lowest BCUT2D eigenvalue weighted by atomic mass is 10.1. The number of amides is 1. The Hall–Kier alpha value is -0.330. The minimum atomic E-state index is -3.08. The van der Waals surface area contributed by atoms with E-state index in [4.69, 9.17) is 11.6 Å². The first-order valence-corrected chi connectivity index (χ1v) is 8.58. The monoisotopic (exact) mass is 294 g/mol. The van der Waals surface area contributed by atoms with Gasteiger partial charge in [0.1, 0.15) is 0 Å². The van der Waals surface area contributed by atoms with Crippen LogP contribution in [-0.4, -0.2) is 61.8 Å². The molecule has 1 N–H and O–H groups in total. The van der Waals surface area contributed by atoms with E-state index in [9.17, 15) is 13.2 Å². The van der Waals surface area contributed by atoms with Crippen LogP contribution in [0.3, 0.4) is 0 Å². The lowest BCUT2D eigenvalue weighted by Crippen LogP contribution is -2.46. The Morgan fingerprint density at radius 3 is 2.44 bits per heavy atom. The normalized spacial score (nSPS) is 32.3. The number of hydrogen-bond donors (Lipinski definition) is 1. The molecular weight excluding hydrogens is 276 g/mol. The molecule has 0 aromatic carbocycles. The molecule has 0 radical (unpaired) electrons. The fourth-order valence-corrected chi connectivity index (χ4v) is 5.06. The van der Waals surface area contributed by atoms with Crippen LogP contribution in [0.1, 0.15) is 19.3 Å². The first-order chi connectivity index (χ1) is 8.46. The number of alkyl halides is 1. The van der Waals surface area contributed by atoms with Crippen LogP contribution in [0.4, 0.5) is 0 Å². The summed E-state index contributed by atoms with van der Waals surface area (Å²) in [5, 5.41) is 2.24. The van der Waals surface area contributed by atoms with Crippen molar-refractivity contribution in [2.75, 3.05) is 31.1 Å². The van der Waals surface area contributed by atoms with Crippen LogP contribution in [0.15, 0.2) is 0 Å². The molecule has 7 heteroatoms. The first-order valence-electron chi connectivity index (χ1n) is 6.32. The summed E-state index contributed by atoms with van der Waals surface area (Å²) in [6.07, 6.45) is 3.48. The van der Waals surface area contributed by atoms with Crippen molar-refractivity contribution in [1.29, 1.82) is 0 Å². The second-order valence-electron chi connectivity index (χ2n) is 5.10. The summed E-state index contributed by atoms with van der Waals surface area (Å²) >= 11 is 5.94. The van der Waals surface area contributed by atoms with E-state index in [1.54, 1.807) is 0 Å². The fraction of sp³-hybridized carbons (Fsp3) is 0.909. The molecule has 104 valence electrons. The van der Waals surface area contributed by atoms with Crippen molar-refractivity contribution in [3.05, 3.63) is 0 Å². The van der Waals surface area contributed by atoms with Crippen molar-refractivity contribution in [1.82, 2.24) is 10.2 Å². The van der Waals surface area contributed by atoms with E-state index in [2.05, 4.69) is 10.2 Å². The zero-order chi connectivity index (χ0) is 13.2. The summed E-state index contributed by atoms with van der Waals surface area (Å²) in [6.45, 7) is 2.24. The number of nitrogens with zero attached hydrogens (tertiary/aromatic N) is 1. The van der Waals surface area contributed by atoms with Gasteiger partial charge in [0, 0.05) is 0 Å². The molecule has 0 saturated carbocycles. The van der Waals surface area contributed by atoms with Gasteiger partial charge in [0.15, 0.2) is 9.84 Å². The first kappa shape index (κ1) is 14.1. The molecule has 0 aromatic rings. The number of nitrogens with one attached hydrogen (secondary N) is 1. The smallest absolute Gasteiger partial charge is 0.234 e. The highest BCUT2D eigenvalue weighted by molar-refractivity contribution is 7.91. The molecule has 5 nitrogen and oxygen atoms in total. The number of piperidine rings is 1. The second kappa shape index (κ2) is 5.75. The van der Waals surface area contributed by atoms with Crippen LogP contribution < -0.4 is 5.32 Å². The number of carbonyl (C=O) groups is 1. The molecule has 2 saturated heterocycles. The predicted molar refractivity (Wildman–Crippen MR) is 70.5 cm³/mol. The van der Waals surface area contributed by atoms with Crippen molar-refractivity contribution in [2.45, 2.75) is 30.7 Å². The maximum atomic E-state index is 11.8. The maximum absolute atomic E-state index is 11.8. The third-order valence-electron chi connectivity index (χ3n) is 3.45. The largest absolute Gasteiger partial charge is 0.350 e. The van der Waals surface area contributed by atoms with Gasteiger partial charge in [-0.25, -0.2) is 8.42 Å². The van der Waals surface area contributed by atoms with Crippen molar-refractivity contribution in [3.63, 3.8) is 0 Å². The quantitative estimate of drug-likeness (QED) is 0.744. The average molecular weight is 295 g/mol. The molecule has 2 rings (SSSR count).